The van der Waals surface area contributed by atoms with E-state index in [4.69, 9.17) is 18.9 Å². The average Bonchev–Trinajstić information content (AvgIpc) is 2.67. The third-order valence-electron chi connectivity index (χ3n) is 3.53. The van der Waals surface area contributed by atoms with E-state index in [1.165, 1.54) is 20.4 Å². The summed E-state index contributed by atoms with van der Waals surface area (Å²) in [5, 5.41) is 4.00. The second-order valence-corrected chi connectivity index (χ2v) is 6.12. The molecule has 7 nitrogen and oxygen atoms in total. The van der Waals surface area contributed by atoms with Crippen LogP contribution in [-0.4, -0.2) is 40.1 Å². The minimum absolute atomic E-state index is 0.370. The lowest BCUT2D eigenvalue weighted by Crippen LogP contribution is -2.17. The minimum atomic E-state index is -0.388. The fourth-order valence-electron chi connectivity index (χ4n) is 2.29. The zero-order valence-electron chi connectivity index (χ0n) is 15.5. The fraction of sp³-hybridized carbons (Fsp3) is 0.263. The Bertz CT molecular complexity index is 817. The van der Waals surface area contributed by atoms with E-state index >= 15 is 0 Å². The number of methoxy groups -OCH3 is 3. The van der Waals surface area contributed by atoms with Crippen molar-refractivity contribution in [3.05, 3.63) is 45.9 Å². The molecule has 2 aromatic carbocycles. The number of hydrogen-bond acceptors (Lipinski definition) is 6. The highest BCUT2D eigenvalue weighted by molar-refractivity contribution is 9.10. The number of halogens is 1. The van der Waals surface area contributed by atoms with Crippen molar-refractivity contribution in [1.82, 2.24) is 5.43 Å². The van der Waals surface area contributed by atoms with E-state index < -0.39 is 0 Å². The average molecular weight is 437 g/mol. The van der Waals surface area contributed by atoms with Gasteiger partial charge in [0.1, 0.15) is 11.5 Å². The van der Waals surface area contributed by atoms with Crippen LogP contribution in [0.4, 0.5) is 0 Å². The van der Waals surface area contributed by atoms with E-state index in [1.807, 2.05) is 13.0 Å². The van der Waals surface area contributed by atoms with Crippen molar-refractivity contribution in [3.63, 3.8) is 0 Å². The Kier molecular flexibility index (Phi) is 7.48. The van der Waals surface area contributed by atoms with Gasteiger partial charge in [-0.05, 0) is 52.7 Å². The summed E-state index contributed by atoms with van der Waals surface area (Å²) in [6, 6.07) is 8.47. The number of carbonyl (C=O) groups excluding carboxylic acids is 1. The van der Waals surface area contributed by atoms with Crippen LogP contribution in [0.25, 0.3) is 0 Å². The van der Waals surface area contributed by atoms with Crippen LogP contribution in [-0.2, 0) is 0 Å². The number of hydrogen-bond donors (Lipinski definition) is 1. The van der Waals surface area contributed by atoms with E-state index in [1.54, 1.807) is 31.4 Å². The quantitative estimate of drug-likeness (QED) is 0.504. The number of carbonyl (C=O) groups is 1. The summed E-state index contributed by atoms with van der Waals surface area (Å²) in [6.07, 6.45) is 1.52. The molecule has 0 bridgehead atoms. The maximum Gasteiger partial charge on any atom is 0.271 e. The standard InChI is InChI=1S/C19H21BrN2O5/c1-5-27-17-7-12(6-16(20)18(17)26-4)11-21-22-19(23)13-8-14(24-2)10-15(9-13)25-3/h6-11H,5H2,1-4H3,(H,22,23). The number of hydrazone groups is 1. The molecule has 0 aliphatic heterocycles. The lowest BCUT2D eigenvalue weighted by Gasteiger charge is -2.11. The summed E-state index contributed by atoms with van der Waals surface area (Å²) in [7, 11) is 4.61. The monoisotopic (exact) mass is 436 g/mol. The predicted octanol–water partition coefficient (Wildman–Crippen LogP) is 3.64. The molecule has 0 radical (unpaired) electrons. The molecule has 0 fully saturated rings. The van der Waals surface area contributed by atoms with Crippen LogP contribution < -0.4 is 24.4 Å². The molecule has 0 saturated carbocycles. The summed E-state index contributed by atoms with van der Waals surface area (Å²) in [6.45, 7) is 2.38. The predicted molar refractivity (Wildman–Crippen MR) is 106 cm³/mol. The molecule has 0 atom stereocenters. The topological polar surface area (TPSA) is 78.4 Å². The van der Waals surface area contributed by atoms with E-state index in [0.717, 1.165) is 10.0 Å². The Balaban J connectivity index is 2.16. The van der Waals surface area contributed by atoms with Crippen molar-refractivity contribution in [3.8, 4) is 23.0 Å². The smallest absolute Gasteiger partial charge is 0.271 e. The van der Waals surface area contributed by atoms with E-state index in [9.17, 15) is 4.79 Å². The Labute approximate surface area is 166 Å². The first-order valence-corrected chi connectivity index (χ1v) is 8.88. The van der Waals surface area contributed by atoms with Crippen LogP contribution in [0.5, 0.6) is 23.0 Å². The zero-order chi connectivity index (χ0) is 19.8. The number of nitrogens with zero attached hydrogens (tertiary/aromatic N) is 1. The Morgan fingerprint density at radius 2 is 1.74 bits per heavy atom. The van der Waals surface area contributed by atoms with Crippen LogP contribution in [0, 0.1) is 0 Å². The number of benzene rings is 2. The van der Waals surface area contributed by atoms with Crippen molar-refractivity contribution in [1.29, 1.82) is 0 Å². The van der Waals surface area contributed by atoms with Crippen LogP contribution in [0.15, 0.2) is 39.9 Å². The van der Waals surface area contributed by atoms with Crippen LogP contribution in [0.1, 0.15) is 22.8 Å². The molecule has 2 rings (SSSR count). The van der Waals surface area contributed by atoms with Crippen LogP contribution in [0.3, 0.4) is 0 Å². The molecule has 144 valence electrons. The van der Waals surface area contributed by atoms with Gasteiger partial charge in [0.15, 0.2) is 11.5 Å². The van der Waals surface area contributed by atoms with Crippen molar-refractivity contribution >= 4 is 28.1 Å². The van der Waals surface area contributed by atoms with Gasteiger partial charge in [0.25, 0.3) is 5.91 Å². The van der Waals surface area contributed by atoms with E-state index in [-0.39, 0.29) is 5.91 Å². The lowest BCUT2D eigenvalue weighted by molar-refractivity contribution is 0.0954. The highest BCUT2D eigenvalue weighted by Gasteiger charge is 2.11. The molecule has 1 N–H and O–H groups in total. The normalized spacial score (nSPS) is 10.6. The van der Waals surface area contributed by atoms with Gasteiger partial charge in [-0.1, -0.05) is 0 Å². The summed E-state index contributed by atoms with van der Waals surface area (Å²) in [4.78, 5) is 12.3. The van der Waals surface area contributed by atoms with Crippen molar-refractivity contribution in [2.75, 3.05) is 27.9 Å². The highest BCUT2D eigenvalue weighted by Crippen LogP contribution is 2.36. The van der Waals surface area contributed by atoms with Crippen LogP contribution >= 0.6 is 15.9 Å². The molecular formula is C19H21BrN2O5. The number of nitrogens with one attached hydrogen (secondary N) is 1. The van der Waals surface area contributed by atoms with Gasteiger partial charge >= 0.3 is 0 Å². The van der Waals surface area contributed by atoms with Gasteiger partial charge in [0, 0.05) is 11.6 Å². The van der Waals surface area contributed by atoms with E-state index in [0.29, 0.717) is 35.2 Å². The molecule has 1 amide bonds. The molecule has 0 aliphatic rings. The Morgan fingerprint density at radius 1 is 1.07 bits per heavy atom. The molecule has 0 heterocycles. The van der Waals surface area contributed by atoms with Gasteiger partial charge in [-0.3, -0.25) is 4.79 Å². The summed E-state index contributed by atoms with van der Waals surface area (Å²) < 4.78 is 21.9. The maximum atomic E-state index is 12.3. The van der Waals surface area contributed by atoms with Crippen molar-refractivity contribution < 1.29 is 23.7 Å². The molecule has 2 aromatic rings. The zero-order valence-corrected chi connectivity index (χ0v) is 17.1. The Morgan fingerprint density at radius 3 is 2.30 bits per heavy atom. The molecule has 0 spiro atoms. The number of rotatable bonds is 8. The van der Waals surface area contributed by atoms with Gasteiger partial charge in [0.2, 0.25) is 0 Å². The first kappa shape index (κ1) is 20.6. The highest BCUT2D eigenvalue weighted by atomic mass is 79.9. The minimum Gasteiger partial charge on any atom is -0.497 e. The molecule has 0 aromatic heterocycles. The molecule has 0 unspecified atom stereocenters. The lowest BCUT2D eigenvalue weighted by atomic mass is 10.2. The third kappa shape index (κ3) is 5.37. The summed E-state index contributed by atoms with van der Waals surface area (Å²) >= 11 is 3.44. The van der Waals surface area contributed by atoms with Gasteiger partial charge in [-0.15, -0.1) is 0 Å². The van der Waals surface area contributed by atoms with Crippen molar-refractivity contribution in [2.24, 2.45) is 5.10 Å². The fourth-order valence-corrected chi connectivity index (χ4v) is 2.91. The largest absolute Gasteiger partial charge is 0.497 e. The molecule has 8 heteroatoms. The van der Waals surface area contributed by atoms with Gasteiger partial charge in [0.05, 0.1) is 38.6 Å². The number of amides is 1. The van der Waals surface area contributed by atoms with E-state index in [2.05, 4.69) is 26.5 Å². The maximum absolute atomic E-state index is 12.3. The second kappa shape index (κ2) is 9.82. The number of ether oxygens (including phenoxy) is 4. The van der Waals surface area contributed by atoms with Crippen molar-refractivity contribution in [2.45, 2.75) is 6.92 Å². The molecule has 0 aliphatic carbocycles. The molecule has 27 heavy (non-hydrogen) atoms. The summed E-state index contributed by atoms with van der Waals surface area (Å²) in [5.41, 5.74) is 3.58. The third-order valence-corrected chi connectivity index (χ3v) is 4.12. The SMILES string of the molecule is CCOc1cc(C=NNC(=O)c2cc(OC)cc(OC)c2)cc(Br)c1OC. The first-order chi connectivity index (χ1) is 13.0. The summed E-state index contributed by atoms with van der Waals surface area (Å²) in [5.74, 6) is 1.83. The Hall–Kier alpha value is -2.74. The van der Waals surface area contributed by atoms with Gasteiger partial charge in [-0.25, -0.2) is 5.43 Å². The molecule has 0 saturated heterocycles. The van der Waals surface area contributed by atoms with Gasteiger partial charge < -0.3 is 18.9 Å². The first-order valence-electron chi connectivity index (χ1n) is 8.09. The molecular weight excluding hydrogens is 416 g/mol. The van der Waals surface area contributed by atoms with Gasteiger partial charge in [-0.2, -0.15) is 5.10 Å². The van der Waals surface area contributed by atoms with Crippen LogP contribution in [0.2, 0.25) is 0 Å². The second-order valence-electron chi connectivity index (χ2n) is 5.27.